The molecule has 0 saturated heterocycles. The van der Waals surface area contributed by atoms with Crippen LogP contribution in [-0.2, 0) is 0 Å². The summed E-state index contributed by atoms with van der Waals surface area (Å²) in [4.78, 5) is 0. The average Bonchev–Trinajstić information content (AvgIpc) is 2.82. The van der Waals surface area contributed by atoms with E-state index >= 15 is 0 Å². The SMILES string of the molecule is CCCCSc1nnc(C)n1-c1ccc(OCC)cc1. The highest BCUT2D eigenvalue weighted by Crippen LogP contribution is 2.24. The third-order valence-corrected chi connectivity index (χ3v) is 3.95. The highest BCUT2D eigenvalue weighted by atomic mass is 32.2. The van der Waals surface area contributed by atoms with E-state index in [1.54, 1.807) is 11.8 Å². The molecule has 0 spiro atoms. The average molecular weight is 291 g/mol. The van der Waals surface area contributed by atoms with Gasteiger partial charge in [0.2, 0.25) is 0 Å². The van der Waals surface area contributed by atoms with Crippen molar-refractivity contribution in [1.82, 2.24) is 14.8 Å². The van der Waals surface area contributed by atoms with Gasteiger partial charge in [0.05, 0.1) is 6.61 Å². The van der Waals surface area contributed by atoms with Crippen molar-refractivity contribution in [2.75, 3.05) is 12.4 Å². The van der Waals surface area contributed by atoms with E-state index in [1.807, 2.05) is 38.1 Å². The number of ether oxygens (including phenoxy) is 1. The molecule has 20 heavy (non-hydrogen) atoms. The first-order valence-electron chi connectivity index (χ1n) is 7.04. The monoisotopic (exact) mass is 291 g/mol. The lowest BCUT2D eigenvalue weighted by Crippen LogP contribution is -2.00. The summed E-state index contributed by atoms with van der Waals surface area (Å²) in [7, 11) is 0. The minimum absolute atomic E-state index is 0.684. The van der Waals surface area contributed by atoms with E-state index in [0.717, 1.165) is 28.2 Å². The predicted octanol–water partition coefficient (Wildman–Crippen LogP) is 3.87. The zero-order valence-electron chi connectivity index (χ0n) is 12.3. The first kappa shape index (κ1) is 14.9. The summed E-state index contributed by atoms with van der Waals surface area (Å²) in [5.74, 6) is 2.88. The van der Waals surface area contributed by atoms with Gasteiger partial charge in [-0.25, -0.2) is 0 Å². The number of hydrogen-bond acceptors (Lipinski definition) is 4. The molecular weight excluding hydrogens is 270 g/mol. The molecular formula is C15H21N3OS. The molecule has 0 aliphatic carbocycles. The molecule has 1 aromatic carbocycles. The van der Waals surface area contributed by atoms with Crippen molar-refractivity contribution in [3.8, 4) is 11.4 Å². The van der Waals surface area contributed by atoms with Crippen molar-refractivity contribution < 1.29 is 4.74 Å². The van der Waals surface area contributed by atoms with Gasteiger partial charge in [-0.3, -0.25) is 4.57 Å². The van der Waals surface area contributed by atoms with Crippen molar-refractivity contribution in [1.29, 1.82) is 0 Å². The molecule has 0 bridgehead atoms. The zero-order valence-corrected chi connectivity index (χ0v) is 13.1. The van der Waals surface area contributed by atoms with Crippen LogP contribution in [0, 0.1) is 6.92 Å². The van der Waals surface area contributed by atoms with Gasteiger partial charge in [0.1, 0.15) is 11.6 Å². The van der Waals surface area contributed by atoms with Crippen LogP contribution in [0.15, 0.2) is 29.4 Å². The van der Waals surface area contributed by atoms with E-state index in [9.17, 15) is 0 Å². The van der Waals surface area contributed by atoms with E-state index in [-0.39, 0.29) is 0 Å². The number of unbranched alkanes of at least 4 members (excludes halogenated alkanes) is 1. The second-order valence-corrected chi connectivity index (χ2v) is 5.56. The van der Waals surface area contributed by atoms with Gasteiger partial charge in [0.15, 0.2) is 5.16 Å². The summed E-state index contributed by atoms with van der Waals surface area (Å²) in [6.45, 7) is 6.85. The first-order chi connectivity index (χ1) is 9.76. The maximum absolute atomic E-state index is 5.47. The predicted molar refractivity (Wildman–Crippen MR) is 82.9 cm³/mol. The second kappa shape index (κ2) is 7.33. The molecule has 0 saturated carbocycles. The first-order valence-corrected chi connectivity index (χ1v) is 8.02. The Morgan fingerprint density at radius 3 is 2.55 bits per heavy atom. The van der Waals surface area contributed by atoms with Gasteiger partial charge >= 0.3 is 0 Å². The largest absolute Gasteiger partial charge is 0.494 e. The summed E-state index contributed by atoms with van der Waals surface area (Å²) in [6.07, 6.45) is 2.39. The van der Waals surface area contributed by atoms with Crippen molar-refractivity contribution in [3.05, 3.63) is 30.1 Å². The van der Waals surface area contributed by atoms with Gasteiger partial charge in [0, 0.05) is 11.4 Å². The number of benzene rings is 1. The zero-order chi connectivity index (χ0) is 14.4. The number of aromatic nitrogens is 3. The smallest absolute Gasteiger partial charge is 0.195 e. The van der Waals surface area contributed by atoms with E-state index in [4.69, 9.17) is 4.74 Å². The Balaban J connectivity index is 2.20. The summed E-state index contributed by atoms with van der Waals surface area (Å²) in [5.41, 5.74) is 1.08. The fourth-order valence-electron chi connectivity index (χ4n) is 1.90. The fourth-order valence-corrected chi connectivity index (χ4v) is 2.98. The highest BCUT2D eigenvalue weighted by molar-refractivity contribution is 7.99. The van der Waals surface area contributed by atoms with E-state index in [0.29, 0.717) is 6.61 Å². The Morgan fingerprint density at radius 1 is 1.15 bits per heavy atom. The van der Waals surface area contributed by atoms with Crippen LogP contribution < -0.4 is 4.74 Å². The molecule has 0 amide bonds. The number of rotatable bonds is 7. The fraction of sp³-hybridized carbons (Fsp3) is 0.467. The normalized spacial score (nSPS) is 10.8. The van der Waals surface area contributed by atoms with Gasteiger partial charge in [0.25, 0.3) is 0 Å². The summed E-state index contributed by atoms with van der Waals surface area (Å²) in [5, 5.41) is 9.42. The molecule has 1 aromatic heterocycles. The Kier molecular flexibility index (Phi) is 5.47. The van der Waals surface area contributed by atoms with Crippen LogP contribution in [0.1, 0.15) is 32.5 Å². The van der Waals surface area contributed by atoms with Gasteiger partial charge in [-0.1, -0.05) is 25.1 Å². The standard InChI is InChI=1S/C15H21N3OS/c1-4-6-11-20-15-17-16-12(3)18(15)13-7-9-14(10-8-13)19-5-2/h7-10H,4-6,11H2,1-3H3. The van der Waals surface area contributed by atoms with Crippen molar-refractivity contribution in [3.63, 3.8) is 0 Å². The van der Waals surface area contributed by atoms with Crippen LogP contribution in [-0.4, -0.2) is 27.1 Å². The van der Waals surface area contributed by atoms with E-state index < -0.39 is 0 Å². The molecule has 0 aliphatic rings. The lowest BCUT2D eigenvalue weighted by molar-refractivity contribution is 0.340. The van der Waals surface area contributed by atoms with E-state index in [2.05, 4.69) is 21.7 Å². The van der Waals surface area contributed by atoms with Crippen LogP contribution in [0.2, 0.25) is 0 Å². The maximum atomic E-state index is 5.47. The molecule has 0 N–H and O–H groups in total. The minimum atomic E-state index is 0.684. The van der Waals surface area contributed by atoms with Crippen LogP contribution >= 0.6 is 11.8 Å². The minimum Gasteiger partial charge on any atom is -0.494 e. The van der Waals surface area contributed by atoms with Crippen LogP contribution in [0.3, 0.4) is 0 Å². The van der Waals surface area contributed by atoms with Crippen molar-refractivity contribution in [2.24, 2.45) is 0 Å². The van der Waals surface area contributed by atoms with Crippen LogP contribution in [0.25, 0.3) is 5.69 Å². The number of nitrogens with zero attached hydrogens (tertiary/aromatic N) is 3. The maximum Gasteiger partial charge on any atom is 0.195 e. The van der Waals surface area contributed by atoms with Crippen LogP contribution in [0.4, 0.5) is 0 Å². The summed E-state index contributed by atoms with van der Waals surface area (Å²) >= 11 is 1.76. The molecule has 0 aliphatic heterocycles. The van der Waals surface area contributed by atoms with Crippen molar-refractivity contribution in [2.45, 2.75) is 38.8 Å². The molecule has 5 heteroatoms. The number of aryl methyl sites for hydroxylation is 1. The third-order valence-electron chi connectivity index (χ3n) is 2.93. The topological polar surface area (TPSA) is 39.9 Å². The highest BCUT2D eigenvalue weighted by Gasteiger charge is 2.11. The Labute approximate surface area is 124 Å². The second-order valence-electron chi connectivity index (χ2n) is 4.49. The summed E-state index contributed by atoms with van der Waals surface area (Å²) < 4.78 is 7.57. The molecule has 2 aromatic rings. The Hall–Kier alpha value is -1.49. The molecule has 0 fully saturated rings. The molecule has 1 heterocycles. The van der Waals surface area contributed by atoms with Crippen molar-refractivity contribution >= 4 is 11.8 Å². The van der Waals surface area contributed by atoms with Crippen LogP contribution in [0.5, 0.6) is 5.75 Å². The molecule has 0 radical (unpaired) electrons. The van der Waals surface area contributed by atoms with Gasteiger partial charge in [-0.05, 0) is 44.5 Å². The lowest BCUT2D eigenvalue weighted by atomic mass is 10.3. The molecule has 108 valence electrons. The van der Waals surface area contributed by atoms with Gasteiger partial charge < -0.3 is 4.74 Å². The Bertz CT molecular complexity index is 537. The quantitative estimate of drug-likeness (QED) is 0.573. The third kappa shape index (κ3) is 3.54. The molecule has 0 atom stereocenters. The van der Waals surface area contributed by atoms with Gasteiger partial charge in [-0.15, -0.1) is 10.2 Å². The number of hydrogen-bond donors (Lipinski definition) is 0. The van der Waals surface area contributed by atoms with E-state index in [1.165, 1.54) is 12.8 Å². The number of thioether (sulfide) groups is 1. The molecule has 0 unspecified atom stereocenters. The summed E-state index contributed by atoms with van der Waals surface area (Å²) in [6, 6.07) is 8.06. The van der Waals surface area contributed by atoms with Gasteiger partial charge in [-0.2, -0.15) is 0 Å². The molecule has 2 rings (SSSR count). The molecule has 4 nitrogen and oxygen atoms in total. The Morgan fingerprint density at radius 2 is 1.90 bits per heavy atom. The lowest BCUT2D eigenvalue weighted by Gasteiger charge is -2.09.